The van der Waals surface area contributed by atoms with Gasteiger partial charge >= 0.3 is 0 Å². The van der Waals surface area contributed by atoms with Crippen molar-refractivity contribution in [2.75, 3.05) is 37.6 Å². The van der Waals surface area contributed by atoms with Gasteiger partial charge in [0.05, 0.1) is 11.9 Å². The summed E-state index contributed by atoms with van der Waals surface area (Å²) < 4.78 is 16.8. The van der Waals surface area contributed by atoms with Gasteiger partial charge in [0.15, 0.2) is 5.82 Å². The van der Waals surface area contributed by atoms with Crippen LogP contribution in [-0.4, -0.2) is 63.8 Å². The molecule has 36 heavy (non-hydrogen) atoms. The zero-order chi connectivity index (χ0) is 24.9. The Morgan fingerprint density at radius 1 is 0.861 bits per heavy atom. The Morgan fingerprint density at radius 3 is 2.25 bits per heavy atom. The van der Waals surface area contributed by atoms with E-state index in [0.29, 0.717) is 30.2 Å². The van der Waals surface area contributed by atoms with Crippen LogP contribution in [0, 0.1) is 5.82 Å². The summed E-state index contributed by atoms with van der Waals surface area (Å²) in [5.74, 6) is -0.116. The van der Waals surface area contributed by atoms with Gasteiger partial charge in [0.25, 0.3) is 5.91 Å². The Bertz CT molecular complexity index is 1310. The summed E-state index contributed by atoms with van der Waals surface area (Å²) >= 11 is 0. The Kier molecular flexibility index (Phi) is 6.79. The highest BCUT2D eigenvalue weighted by molar-refractivity contribution is 5.97. The van der Waals surface area contributed by atoms with Gasteiger partial charge in [-0.15, -0.1) is 0 Å². The number of hydrogen-bond donors (Lipinski definition) is 1. The fourth-order valence-electron chi connectivity index (χ4n) is 4.39. The SMILES string of the molecule is O=C(NCCC(=O)N1CCN(c2ccccc2)CC1)c1cnn(-c2ccc(F)cc2)c1-n1cccc1. The van der Waals surface area contributed by atoms with E-state index >= 15 is 0 Å². The van der Waals surface area contributed by atoms with Gasteiger partial charge in [-0.25, -0.2) is 9.07 Å². The molecule has 184 valence electrons. The Balaban J connectivity index is 1.20. The van der Waals surface area contributed by atoms with Crippen LogP contribution in [0.3, 0.4) is 0 Å². The van der Waals surface area contributed by atoms with Crippen LogP contribution in [0.1, 0.15) is 16.8 Å². The van der Waals surface area contributed by atoms with Crippen LogP contribution < -0.4 is 10.2 Å². The summed E-state index contributed by atoms with van der Waals surface area (Å²) in [6.07, 6.45) is 5.33. The van der Waals surface area contributed by atoms with Crippen molar-refractivity contribution in [3.63, 3.8) is 0 Å². The number of carbonyl (C=O) groups is 2. The van der Waals surface area contributed by atoms with Gasteiger partial charge in [-0.2, -0.15) is 5.10 Å². The third-order valence-corrected chi connectivity index (χ3v) is 6.29. The largest absolute Gasteiger partial charge is 0.368 e. The average Bonchev–Trinajstić information content (AvgIpc) is 3.60. The predicted octanol–water partition coefficient (Wildman–Crippen LogP) is 3.27. The van der Waals surface area contributed by atoms with E-state index in [9.17, 15) is 14.0 Å². The number of benzene rings is 2. The summed E-state index contributed by atoms with van der Waals surface area (Å²) in [7, 11) is 0. The molecule has 2 amide bonds. The first-order valence-electron chi connectivity index (χ1n) is 11.9. The molecule has 1 N–H and O–H groups in total. The van der Waals surface area contributed by atoms with Crippen LogP contribution >= 0.6 is 0 Å². The van der Waals surface area contributed by atoms with Gasteiger partial charge in [-0.05, 0) is 48.5 Å². The molecule has 0 atom stereocenters. The Morgan fingerprint density at radius 2 is 1.56 bits per heavy atom. The topological polar surface area (TPSA) is 75.4 Å². The molecule has 8 nitrogen and oxygen atoms in total. The summed E-state index contributed by atoms with van der Waals surface area (Å²) in [6.45, 7) is 3.10. The van der Waals surface area contributed by atoms with Crippen molar-refractivity contribution in [1.29, 1.82) is 0 Å². The second-order valence-corrected chi connectivity index (χ2v) is 8.57. The van der Waals surface area contributed by atoms with Crippen LogP contribution in [0.25, 0.3) is 11.5 Å². The number of anilines is 1. The van der Waals surface area contributed by atoms with E-state index < -0.39 is 0 Å². The van der Waals surface area contributed by atoms with Crippen LogP contribution in [0.2, 0.25) is 0 Å². The molecule has 0 unspecified atom stereocenters. The van der Waals surface area contributed by atoms with E-state index in [4.69, 9.17) is 0 Å². The molecule has 0 aliphatic carbocycles. The van der Waals surface area contributed by atoms with E-state index in [1.165, 1.54) is 18.3 Å². The standard InChI is InChI=1S/C27H27FN6O2/c28-21-8-10-23(11-9-21)34-27(33-14-4-5-15-33)24(20-30-34)26(36)29-13-12-25(35)32-18-16-31(17-19-32)22-6-2-1-3-7-22/h1-11,14-15,20H,12-13,16-19H2,(H,29,36). The van der Waals surface area contributed by atoms with Crippen LogP contribution in [-0.2, 0) is 4.79 Å². The highest BCUT2D eigenvalue weighted by Gasteiger charge is 2.23. The third kappa shape index (κ3) is 5.00. The minimum atomic E-state index is -0.350. The maximum Gasteiger partial charge on any atom is 0.256 e. The molecule has 2 aromatic heterocycles. The molecule has 4 aromatic rings. The second kappa shape index (κ2) is 10.5. The number of aromatic nitrogens is 3. The first-order valence-corrected chi connectivity index (χ1v) is 11.9. The van der Waals surface area contributed by atoms with Gasteiger partial charge < -0.3 is 19.7 Å². The predicted molar refractivity (Wildman–Crippen MR) is 135 cm³/mol. The molecule has 1 aliphatic heterocycles. The maximum absolute atomic E-state index is 13.4. The number of nitrogens with one attached hydrogen (secondary N) is 1. The molecule has 0 radical (unpaired) electrons. The summed E-state index contributed by atoms with van der Waals surface area (Å²) in [5, 5.41) is 7.23. The van der Waals surface area contributed by atoms with Crippen molar-refractivity contribution in [3.8, 4) is 11.5 Å². The molecule has 3 heterocycles. The van der Waals surface area contributed by atoms with Crippen LogP contribution in [0.4, 0.5) is 10.1 Å². The van der Waals surface area contributed by atoms with Gasteiger partial charge in [0.1, 0.15) is 11.4 Å². The maximum atomic E-state index is 13.4. The zero-order valence-electron chi connectivity index (χ0n) is 19.8. The van der Waals surface area contributed by atoms with E-state index in [0.717, 1.165) is 18.8 Å². The second-order valence-electron chi connectivity index (χ2n) is 8.57. The monoisotopic (exact) mass is 486 g/mol. The normalized spacial score (nSPS) is 13.6. The van der Waals surface area contributed by atoms with Gasteiger partial charge in [-0.1, -0.05) is 18.2 Å². The van der Waals surface area contributed by atoms with Gasteiger partial charge in [0.2, 0.25) is 5.91 Å². The molecule has 0 spiro atoms. The minimum absolute atomic E-state index is 0.0238. The Hall–Kier alpha value is -4.40. The lowest BCUT2D eigenvalue weighted by Crippen LogP contribution is -2.49. The van der Waals surface area contributed by atoms with E-state index in [1.54, 1.807) is 21.4 Å². The molecule has 1 fully saturated rings. The third-order valence-electron chi connectivity index (χ3n) is 6.29. The molecule has 1 saturated heterocycles. The quantitative estimate of drug-likeness (QED) is 0.435. The Labute approximate surface area is 208 Å². The molecule has 5 rings (SSSR count). The van der Waals surface area contributed by atoms with Crippen LogP contribution in [0.5, 0.6) is 0 Å². The fourth-order valence-corrected chi connectivity index (χ4v) is 4.39. The van der Waals surface area contributed by atoms with Crippen molar-refractivity contribution in [3.05, 3.63) is 96.7 Å². The molecular formula is C27H27FN6O2. The fraction of sp³-hybridized carbons (Fsp3) is 0.222. The first-order chi connectivity index (χ1) is 17.6. The molecule has 0 bridgehead atoms. The minimum Gasteiger partial charge on any atom is -0.368 e. The van der Waals surface area contributed by atoms with E-state index in [1.807, 2.05) is 47.6 Å². The number of nitrogens with zero attached hydrogens (tertiary/aromatic N) is 5. The number of hydrogen-bond acceptors (Lipinski definition) is 4. The van der Waals surface area contributed by atoms with E-state index in [2.05, 4.69) is 27.4 Å². The van der Waals surface area contributed by atoms with Crippen molar-refractivity contribution in [1.82, 2.24) is 24.6 Å². The average molecular weight is 487 g/mol. The lowest BCUT2D eigenvalue weighted by molar-refractivity contribution is -0.131. The zero-order valence-corrected chi connectivity index (χ0v) is 19.8. The number of amides is 2. The highest BCUT2D eigenvalue weighted by atomic mass is 19.1. The molecule has 9 heteroatoms. The molecule has 0 saturated carbocycles. The van der Waals surface area contributed by atoms with Gasteiger partial charge in [-0.3, -0.25) is 9.59 Å². The summed E-state index contributed by atoms with van der Waals surface area (Å²) in [4.78, 5) is 29.9. The number of piperazine rings is 1. The highest BCUT2D eigenvalue weighted by Crippen LogP contribution is 2.20. The lowest BCUT2D eigenvalue weighted by atomic mass is 10.2. The first kappa shape index (κ1) is 23.3. The molecule has 1 aliphatic rings. The van der Waals surface area contributed by atoms with Crippen molar-refractivity contribution in [2.24, 2.45) is 0 Å². The molecular weight excluding hydrogens is 459 g/mol. The van der Waals surface area contributed by atoms with Gasteiger partial charge in [0, 0.05) is 57.2 Å². The van der Waals surface area contributed by atoms with Crippen molar-refractivity contribution >= 4 is 17.5 Å². The van der Waals surface area contributed by atoms with E-state index in [-0.39, 0.29) is 30.6 Å². The lowest BCUT2D eigenvalue weighted by Gasteiger charge is -2.36. The number of para-hydroxylation sites is 1. The van der Waals surface area contributed by atoms with Crippen molar-refractivity contribution in [2.45, 2.75) is 6.42 Å². The number of rotatable bonds is 7. The number of carbonyl (C=O) groups excluding carboxylic acids is 2. The summed E-state index contributed by atoms with van der Waals surface area (Å²) in [5.41, 5.74) is 2.15. The van der Waals surface area contributed by atoms with Crippen LogP contribution in [0.15, 0.2) is 85.3 Å². The number of halogens is 1. The van der Waals surface area contributed by atoms with Crippen molar-refractivity contribution < 1.29 is 14.0 Å². The summed E-state index contributed by atoms with van der Waals surface area (Å²) in [6, 6.07) is 19.8. The molecule has 2 aromatic carbocycles. The smallest absolute Gasteiger partial charge is 0.256 e.